The molecule has 1 rings (SSSR count). The summed E-state index contributed by atoms with van der Waals surface area (Å²) >= 11 is 0. The van der Waals surface area contributed by atoms with Gasteiger partial charge in [0.25, 0.3) is 0 Å². The van der Waals surface area contributed by atoms with E-state index in [1.807, 2.05) is 26.0 Å². The number of hydrogen-bond donors (Lipinski definition) is 2. The molecule has 0 bridgehead atoms. The third kappa shape index (κ3) is 16.9. The smallest absolute Gasteiger partial charge is 0.0626 e. The molecule has 42 heavy (non-hydrogen) atoms. The minimum Gasteiger partial charge on any atom is -0.393 e. The van der Waals surface area contributed by atoms with E-state index in [9.17, 15) is 10.2 Å². The first-order valence-corrected chi connectivity index (χ1v) is 15.1. The predicted octanol–water partition coefficient (Wildman–Crippen LogP) is 10.7. The average molecular weight is 569 g/mol. The summed E-state index contributed by atoms with van der Waals surface area (Å²) in [5.41, 5.74) is 7.86. The van der Waals surface area contributed by atoms with Crippen molar-refractivity contribution in [2.45, 2.75) is 100 Å². The molecular formula is C40H56O2. The molecule has 1 atom stereocenters. The van der Waals surface area contributed by atoms with Gasteiger partial charge in [-0.15, -0.1) is 0 Å². The highest BCUT2D eigenvalue weighted by atomic mass is 16.3. The van der Waals surface area contributed by atoms with Gasteiger partial charge in [0, 0.05) is 0 Å². The van der Waals surface area contributed by atoms with Crippen LogP contribution < -0.4 is 0 Å². The monoisotopic (exact) mass is 568 g/mol. The normalized spacial score (nSPS) is 20.8. The maximum Gasteiger partial charge on any atom is 0.0626 e. The zero-order valence-corrected chi connectivity index (χ0v) is 27.9. The predicted molar refractivity (Wildman–Crippen MR) is 186 cm³/mol. The molecule has 1 aliphatic rings. The van der Waals surface area contributed by atoms with Crippen LogP contribution in [-0.4, -0.2) is 21.9 Å². The van der Waals surface area contributed by atoms with Crippen LogP contribution in [0.4, 0.5) is 0 Å². The first-order valence-electron chi connectivity index (χ1n) is 15.1. The molecule has 0 fully saturated rings. The van der Waals surface area contributed by atoms with Gasteiger partial charge in [-0.1, -0.05) is 151 Å². The fourth-order valence-corrected chi connectivity index (χ4v) is 4.68. The summed E-state index contributed by atoms with van der Waals surface area (Å²) in [5.74, 6) is 0. The molecule has 0 amide bonds. The van der Waals surface area contributed by atoms with Gasteiger partial charge in [-0.05, 0) is 85.6 Å². The quantitative estimate of drug-likeness (QED) is 0.217. The van der Waals surface area contributed by atoms with E-state index in [-0.39, 0.29) is 11.5 Å². The first kappa shape index (κ1) is 36.8. The summed E-state index contributed by atoms with van der Waals surface area (Å²) in [6.07, 6.45) is 37.6. The molecule has 2 nitrogen and oxygen atoms in total. The molecule has 228 valence electrons. The van der Waals surface area contributed by atoms with Gasteiger partial charge >= 0.3 is 0 Å². The number of allylic oxidation sites excluding steroid dienone is 22. The SMILES string of the molecule is CC1=C(/C=C/C(C)=C/C=C/C(C)=C/C=C/C=C(C)/C=C/C=C(C)/C=C/C=C(C)/C=C/CC(C)(C)O)C(C)(C)C[C@H](O)C1. The number of aliphatic hydroxyl groups excluding tert-OH is 1. The molecule has 0 heterocycles. The molecule has 0 radical (unpaired) electrons. The number of rotatable bonds is 13. The van der Waals surface area contributed by atoms with E-state index in [2.05, 4.69) is 147 Å². The second-order valence-electron chi connectivity index (χ2n) is 12.9. The van der Waals surface area contributed by atoms with Crippen molar-refractivity contribution in [2.24, 2.45) is 5.41 Å². The standard InChI is InChI=1S/C40H56O2/c1-31(19-13-21-33(3)22-14-23-34(4)25-16-28-40(9,10)42)17-11-12-18-32(2)20-15-24-35(5)26-27-38-36(6)29-37(41)30-39(38,7)8/h11-27,37,41-42H,28-30H2,1-10H3/b12-11+,19-13+,20-15+,22-14+,25-16+,27-26+,31-17+,32-18+,33-21+,34-23+,35-24+/t37-/m1/s1. The highest BCUT2D eigenvalue weighted by Crippen LogP contribution is 2.41. The maximum absolute atomic E-state index is 10.1. The number of aliphatic hydroxyl groups is 2. The van der Waals surface area contributed by atoms with Gasteiger partial charge in [0.15, 0.2) is 0 Å². The van der Waals surface area contributed by atoms with Gasteiger partial charge in [-0.3, -0.25) is 0 Å². The van der Waals surface area contributed by atoms with Gasteiger partial charge in [-0.25, -0.2) is 0 Å². The summed E-state index contributed by atoms with van der Waals surface area (Å²) in [6.45, 7) is 20.7. The lowest BCUT2D eigenvalue weighted by Crippen LogP contribution is -2.28. The highest BCUT2D eigenvalue weighted by Gasteiger charge is 2.31. The molecule has 2 N–H and O–H groups in total. The molecule has 0 aromatic heterocycles. The van der Waals surface area contributed by atoms with Crippen molar-refractivity contribution in [2.75, 3.05) is 0 Å². The Hall–Kier alpha value is -3.20. The van der Waals surface area contributed by atoms with Crippen LogP contribution in [0.3, 0.4) is 0 Å². The lowest BCUT2D eigenvalue weighted by molar-refractivity contribution is 0.0839. The molecule has 0 aromatic carbocycles. The Kier molecular flexibility index (Phi) is 16.1. The molecular weight excluding hydrogens is 512 g/mol. The Morgan fingerprint density at radius 1 is 0.714 bits per heavy atom. The summed E-state index contributed by atoms with van der Waals surface area (Å²) in [7, 11) is 0. The van der Waals surface area contributed by atoms with E-state index in [0.717, 1.165) is 18.4 Å². The van der Waals surface area contributed by atoms with Crippen molar-refractivity contribution >= 4 is 0 Å². The highest BCUT2D eigenvalue weighted by molar-refractivity contribution is 5.38. The van der Waals surface area contributed by atoms with Gasteiger partial charge < -0.3 is 10.2 Å². The molecule has 0 saturated carbocycles. The van der Waals surface area contributed by atoms with Crippen LogP contribution in [0, 0.1) is 5.41 Å². The number of hydrogen-bond acceptors (Lipinski definition) is 2. The first-order chi connectivity index (χ1) is 19.6. The molecule has 0 unspecified atom stereocenters. The minimum atomic E-state index is -0.666. The van der Waals surface area contributed by atoms with Crippen LogP contribution in [0.5, 0.6) is 0 Å². The van der Waals surface area contributed by atoms with Crippen molar-refractivity contribution in [3.63, 3.8) is 0 Å². The molecule has 1 aliphatic carbocycles. The Morgan fingerprint density at radius 3 is 1.55 bits per heavy atom. The summed E-state index contributed by atoms with van der Waals surface area (Å²) in [4.78, 5) is 0. The lowest BCUT2D eigenvalue weighted by atomic mass is 9.71. The van der Waals surface area contributed by atoms with Crippen molar-refractivity contribution in [3.05, 3.63) is 142 Å². The van der Waals surface area contributed by atoms with Crippen LogP contribution in [0.1, 0.15) is 88.5 Å². The Labute approximate surface area is 257 Å². The van der Waals surface area contributed by atoms with E-state index < -0.39 is 5.60 Å². The van der Waals surface area contributed by atoms with Crippen LogP contribution >= 0.6 is 0 Å². The van der Waals surface area contributed by atoms with Gasteiger partial charge in [-0.2, -0.15) is 0 Å². The largest absolute Gasteiger partial charge is 0.393 e. The van der Waals surface area contributed by atoms with Crippen molar-refractivity contribution in [1.29, 1.82) is 0 Å². The third-order valence-corrected chi connectivity index (χ3v) is 6.97. The van der Waals surface area contributed by atoms with E-state index >= 15 is 0 Å². The Morgan fingerprint density at radius 2 is 1.12 bits per heavy atom. The van der Waals surface area contributed by atoms with Crippen LogP contribution in [-0.2, 0) is 0 Å². The molecule has 0 aliphatic heterocycles. The van der Waals surface area contributed by atoms with Crippen LogP contribution in [0.15, 0.2) is 142 Å². The van der Waals surface area contributed by atoms with E-state index in [1.165, 1.54) is 33.4 Å². The van der Waals surface area contributed by atoms with Crippen LogP contribution in [0.25, 0.3) is 0 Å². The van der Waals surface area contributed by atoms with Gasteiger partial charge in [0.2, 0.25) is 0 Å². The summed E-state index contributed by atoms with van der Waals surface area (Å²) in [6, 6.07) is 0. The zero-order valence-electron chi connectivity index (χ0n) is 27.9. The van der Waals surface area contributed by atoms with Gasteiger partial charge in [0.1, 0.15) is 0 Å². The summed E-state index contributed by atoms with van der Waals surface area (Å²) < 4.78 is 0. The second kappa shape index (κ2) is 18.4. The Bertz CT molecular complexity index is 1250. The lowest BCUT2D eigenvalue weighted by Gasteiger charge is -2.35. The fourth-order valence-electron chi connectivity index (χ4n) is 4.68. The minimum absolute atomic E-state index is 0.00454. The van der Waals surface area contributed by atoms with E-state index in [4.69, 9.17) is 0 Å². The molecule has 0 spiro atoms. The maximum atomic E-state index is 10.1. The third-order valence-electron chi connectivity index (χ3n) is 6.97. The van der Waals surface area contributed by atoms with Crippen molar-refractivity contribution in [1.82, 2.24) is 0 Å². The average Bonchev–Trinajstić information content (AvgIpc) is 2.84. The van der Waals surface area contributed by atoms with Crippen LogP contribution in [0.2, 0.25) is 0 Å². The second-order valence-corrected chi connectivity index (χ2v) is 12.9. The zero-order chi connectivity index (χ0) is 31.8. The fraction of sp³-hybridized carbons (Fsp3) is 0.400. The molecule has 2 heteroatoms. The van der Waals surface area contributed by atoms with E-state index in [0.29, 0.717) is 6.42 Å². The van der Waals surface area contributed by atoms with Crippen molar-refractivity contribution < 1.29 is 10.2 Å². The van der Waals surface area contributed by atoms with Gasteiger partial charge in [0.05, 0.1) is 11.7 Å². The van der Waals surface area contributed by atoms with E-state index in [1.54, 1.807) is 0 Å². The topological polar surface area (TPSA) is 40.5 Å². The summed E-state index contributed by atoms with van der Waals surface area (Å²) in [5, 5.41) is 19.9. The Balaban J connectivity index is 2.61. The molecule has 0 aromatic rings. The van der Waals surface area contributed by atoms with Crippen molar-refractivity contribution in [3.8, 4) is 0 Å². The molecule has 0 saturated heterocycles.